The van der Waals surface area contributed by atoms with Crippen LogP contribution in [0.4, 0.5) is 0 Å². The van der Waals surface area contributed by atoms with Crippen LogP contribution in [0.3, 0.4) is 0 Å². The fourth-order valence-corrected chi connectivity index (χ4v) is 2.52. The van der Waals surface area contributed by atoms with Gasteiger partial charge < -0.3 is 9.73 Å². The van der Waals surface area contributed by atoms with Crippen LogP contribution in [0.15, 0.2) is 39.2 Å². The van der Waals surface area contributed by atoms with Gasteiger partial charge in [-0.05, 0) is 44.8 Å². The second-order valence-corrected chi connectivity index (χ2v) is 6.04. The van der Waals surface area contributed by atoms with Crippen molar-refractivity contribution in [3.05, 3.63) is 57.5 Å². The number of rotatable bonds is 6. The van der Waals surface area contributed by atoms with E-state index < -0.39 is 0 Å². The van der Waals surface area contributed by atoms with Crippen LogP contribution >= 0.6 is 15.9 Å². The van der Waals surface area contributed by atoms with Crippen LogP contribution in [-0.2, 0) is 19.6 Å². The monoisotopic (exact) mass is 336 g/mol. The number of nitrogens with one attached hydrogen (secondary N) is 1. The van der Waals surface area contributed by atoms with Crippen molar-refractivity contribution in [1.29, 1.82) is 0 Å². The molecule has 1 aromatic heterocycles. The predicted octanol–water partition coefficient (Wildman–Crippen LogP) is 3.70. The van der Waals surface area contributed by atoms with Crippen LogP contribution in [0.2, 0.25) is 0 Å². The van der Waals surface area contributed by atoms with Crippen molar-refractivity contribution in [3.63, 3.8) is 0 Å². The average Bonchev–Trinajstić information content (AvgIpc) is 2.73. The number of benzene rings is 1. The minimum Gasteiger partial charge on any atom is -0.465 e. The molecule has 0 spiro atoms. The minimum absolute atomic E-state index is 0.775. The van der Waals surface area contributed by atoms with Gasteiger partial charge in [0, 0.05) is 23.1 Å². The molecule has 1 N–H and O–H groups in total. The van der Waals surface area contributed by atoms with E-state index in [1.165, 1.54) is 11.1 Å². The van der Waals surface area contributed by atoms with E-state index >= 15 is 0 Å². The summed E-state index contributed by atoms with van der Waals surface area (Å²) in [6.07, 6.45) is 0. The Morgan fingerprint density at radius 1 is 1.20 bits per heavy atom. The molecule has 1 heterocycles. The van der Waals surface area contributed by atoms with Crippen LogP contribution < -0.4 is 5.32 Å². The molecule has 0 aliphatic rings. The van der Waals surface area contributed by atoms with Gasteiger partial charge in [0.15, 0.2) is 0 Å². The number of halogens is 1. The normalized spacial score (nSPS) is 11.2. The van der Waals surface area contributed by atoms with Gasteiger partial charge in [-0.1, -0.05) is 28.1 Å². The molecular formula is C16H21BrN2O. The van der Waals surface area contributed by atoms with E-state index in [-0.39, 0.29) is 0 Å². The molecule has 0 radical (unpaired) electrons. The lowest BCUT2D eigenvalue weighted by Crippen LogP contribution is -2.17. The Hall–Kier alpha value is -1.10. The highest BCUT2D eigenvalue weighted by Crippen LogP contribution is 2.18. The number of hydrogen-bond acceptors (Lipinski definition) is 3. The molecule has 3 nitrogen and oxygen atoms in total. The molecule has 0 aliphatic carbocycles. The van der Waals surface area contributed by atoms with Crippen molar-refractivity contribution < 1.29 is 4.42 Å². The molecule has 4 heteroatoms. The molecule has 0 bridgehead atoms. The van der Waals surface area contributed by atoms with Crippen molar-refractivity contribution in [2.45, 2.75) is 26.6 Å². The second kappa shape index (κ2) is 7.07. The van der Waals surface area contributed by atoms with E-state index in [1.807, 2.05) is 14.0 Å². The minimum atomic E-state index is 0.775. The third-order valence-electron chi connectivity index (χ3n) is 3.23. The lowest BCUT2D eigenvalue weighted by Gasteiger charge is -2.16. The topological polar surface area (TPSA) is 28.4 Å². The molecule has 2 rings (SSSR count). The fourth-order valence-electron chi connectivity index (χ4n) is 2.25. The van der Waals surface area contributed by atoms with E-state index in [0.29, 0.717) is 0 Å². The number of hydrogen-bond donors (Lipinski definition) is 1. The quantitative estimate of drug-likeness (QED) is 0.871. The Morgan fingerprint density at radius 3 is 2.55 bits per heavy atom. The van der Waals surface area contributed by atoms with Gasteiger partial charge in [0.05, 0.1) is 6.54 Å². The van der Waals surface area contributed by atoms with Gasteiger partial charge in [0.25, 0.3) is 0 Å². The number of nitrogens with zero attached hydrogens (tertiary/aromatic N) is 1. The largest absolute Gasteiger partial charge is 0.465 e. The SMILES string of the molecule is CNCc1cc(CN(C)Cc2ccc(Br)cc2)c(C)o1. The summed E-state index contributed by atoms with van der Waals surface area (Å²) in [5.74, 6) is 2.01. The maximum atomic E-state index is 5.73. The Bertz CT molecular complexity index is 548. The highest BCUT2D eigenvalue weighted by molar-refractivity contribution is 9.10. The van der Waals surface area contributed by atoms with Crippen molar-refractivity contribution in [3.8, 4) is 0 Å². The first-order valence-electron chi connectivity index (χ1n) is 6.74. The van der Waals surface area contributed by atoms with E-state index in [9.17, 15) is 0 Å². The standard InChI is InChI=1S/C16H21BrN2O/c1-12-14(8-16(20-12)9-18-2)11-19(3)10-13-4-6-15(17)7-5-13/h4-8,18H,9-11H2,1-3H3. The number of furan rings is 1. The molecule has 0 saturated carbocycles. The van der Waals surface area contributed by atoms with E-state index in [0.717, 1.165) is 35.6 Å². The van der Waals surface area contributed by atoms with Gasteiger partial charge in [0.1, 0.15) is 11.5 Å². The summed E-state index contributed by atoms with van der Waals surface area (Å²) in [6.45, 7) is 4.63. The Labute approximate surface area is 129 Å². The third kappa shape index (κ3) is 4.20. The molecule has 2 aromatic rings. The summed E-state index contributed by atoms with van der Waals surface area (Å²) in [6, 6.07) is 10.6. The summed E-state index contributed by atoms with van der Waals surface area (Å²) >= 11 is 3.46. The molecule has 0 amide bonds. The van der Waals surface area contributed by atoms with E-state index in [2.05, 4.69) is 63.5 Å². The van der Waals surface area contributed by atoms with Gasteiger partial charge in [-0.15, -0.1) is 0 Å². The first-order chi connectivity index (χ1) is 9.58. The molecular weight excluding hydrogens is 316 g/mol. The van der Waals surface area contributed by atoms with Crippen molar-refractivity contribution >= 4 is 15.9 Å². The smallest absolute Gasteiger partial charge is 0.118 e. The maximum Gasteiger partial charge on any atom is 0.118 e. The maximum absolute atomic E-state index is 5.73. The van der Waals surface area contributed by atoms with Crippen LogP contribution in [0.25, 0.3) is 0 Å². The zero-order valence-corrected chi connectivity index (χ0v) is 13.8. The Kier molecular flexibility index (Phi) is 5.40. The molecule has 0 aliphatic heterocycles. The van der Waals surface area contributed by atoms with Crippen molar-refractivity contribution in [2.75, 3.05) is 14.1 Å². The summed E-state index contributed by atoms with van der Waals surface area (Å²) in [5, 5.41) is 3.11. The van der Waals surface area contributed by atoms with E-state index in [1.54, 1.807) is 0 Å². The van der Waals surface area contributed by atoms with Crippen molar-refractivity contribution in [1.82, 2.24) is 10.2 Å². The Balaban J connectivity index is 1.97. The zero-order chi connectivity index (χ0) is 14.5. The predicted molar refractivity (Wildman–Crippen MR) is 85.5 cm³/mol. The van der Waals surface area contributed by atoms with Gasteiger partial charge in [0.2, 0.25) is 0 Å². The summed E-state index contributed by atoms with van der Waals surface area (Å²) in [7, 11) is 4.06. The summed E-state index contributed by atoms with van der Waals surface area (Å²) in [4.78, 5) is 2.30. The molecule has 0 unspecified atom stereocenters. The molecule has 0 saturated heterocycles. The number of aryl methyl sites for hydroxylation is 1. The zero-order valence-electron chi connectivity index (χ0n) is 12.2. The van der Waals surface area contributed by atoms with Gasteiger partial charge in [-0.25, -0.2) is 0 Å². The first-order valence-corrected chi connectivity index (χ1v) is 7.53. The average molecular weight is 337 g/mol. The van der Waals surface area contributed by atoms with Crippen LogP contribution in [0, 0.1) is 6.92 Å². The van der Waals surface area contributed by atoms with Gasteiger partial charge in [-0.2, -0.15) is 0 Å². The van der Waals surface area contributed by atoms with Crippen LogP contribution in [-0.4, -0.2) is 19.0 Å². The fraction of sp³-hybridized carbons (Fsp3) is 0.375. The lowest BCUT2D eigenvalue weighted by atomic mass is 10.2. The lowest BCUT2D eigenvalue weighted by molar-refractivity contribution is 0.316. The van der Waals surface area contributed by atoms with E-state index in [4.69, 9.17) is 4.42 Å². The molecule has 20 heavy (non-hydrogen) atoms. The van der Waals surface area contributed by atoms with Gasteiger partial charge >= 0.3 is 0 Å². The molecule has 1 aromatic carbocycles. The third-order valence-corrected chi connectivity index (χ3v) is 3.76. The second-order valence-electron chi connectivity index (χ2n) is 5.12. The molecule has 108 valence electrons. The van der Waals surface area contributed by atoms with Crippen LogP contribution in [0.1, 0.15) is 22.6 Å². The van der Waals surface area contributed by atoms with Crippen molar-refractivity contribution in [2.24, 2.45) is 0 Å². The highest BCUT2D eigenvalue weighted by atomic mass is 79.9. The van der Waals surface area contributed by atoms with Crippen LogP contribution in [0.5, 0.6) is 0 Å². The molecule has 0 atom stereocenters. The molecule has 0 fully saturated rings. The first kappa shape index (κ1) is 15.3. The Morgan fingerprint density at radius 2 is 1.90 bits per heavy atom. The van der Waals surface area contributed by atoms with Gasteiger partial charge in [-0.3, -0.25) is 4.90 Å². The highest BCUT2D eigenvalue weighted by Gasteiger charge is 2.09. The summed E-state index contributed by atoms with van der Waals surface area (Å²) in [5.41, 5.74) is 2.57. The summed E-state index contributed by atoms with van der Waals surface area (Å²) < 4.78 is 6.84.